The highest BCUT2D eigenvalue weighted by molar-refractivity contribution is 9.10. The normalized spacial score (nSPS) is 21.9. The monoisotopic (exact) mass is 387 g/mol. The lowest BCUT2D eigenvalue weighted by Crippen LogP contribution is -2.52. The molecule has 0 bridgehead atoms. The molecule has 23 heavy (non-hydrogen) atoms. The van der Waals surface area contributed by atoms with E-state index in [0.29, 0.717) is 23.9 Å². The molecule has 0 saturated carbocycles. The van der Waals surface area contributed by atoms with Crippen LogP contribution in [0.1, 0.15) is 25.3 Å². The van der Waals surface area contributed by atoms with E-state index in [4.69, 9.17) is 9.84 Å². The molecule has 126 valence electrons. The second kappa shape index (κ2) is 7.40. The molecule has 0 spiro atoms. The number of hydrogen-bond acceptors (Lipinski definition) is 3. The van der Waals surface area contributed by atoms with Crippen LogP contribution >= 0.6 is 15.9 Å². The topological polar surface area (TPSA) is 75.6 Å². The fraction of sp³-hybridized carbons (Fsp3) is 0.500. The Morgan fingerprint density at radius 2 is 2.26 bits per heavy atom. The summed E-state index contributed by atoms with van der Waals surface area (Å²) >= 11 is 3.12. The van der Waals surface area contributed by atoms with Gasteiger partial charge < -0.3 is 15.2 Å². The van der Waals surface area contributed by atoms with Crippen LogP contribution in [0.3, 0.4) is 0 Å². The van der Waals surface area contributed by atoms with Crippen LogP contribution in [-0.2, 0) is 20.7 Å². The molecule has 1 aromatic rings. The zero-order valence-corrected chi connectivity index (χ0v) is 14.4. The number of nitrogens with one attached hydrogen (secondary N) is 1. The summed E-state index contributed by atoms with van der Waals surface area (Å²) in [5.74, 6) is -1.91. The number of carbonyl (C=O) groups is 2. The van der Waals surface area contributed by atoms with Crippen molar-refractivity contribution < 1.29 is 23.8 Å². The SMILES string of the molecule is CC(Cc1ccc(F)c(Br)c1)C(=O)NC1(CC(=O)O)CCOC1. The average Bonchev–Trinajstić information content (AvgIpc) is 2.90. The summed E-state index contributed by atoms with van der Waals surface area (Å²) in [6.07, 6.45) is 0.766. The second-order valence-electron chi connectivity index (χ2n) is 6.00. The first-order valence-electron chi connectivity index (χ1n) is 7.37. The van der Waals surface area contributed by atoms with Gasteiger partial charge in [-0.15, -0.1) is 0 Å². The Kier molecular flexibility index (Phi) is 5.75. The lowest BCUT2D eigenvalue weighted by Gasteiger charge is -2.28. The highest BCUT2D eigenvalue weighted by Gasteiger charge is 2.39. The minimum atomic E-state index is -0.967. The average molecular weight is 388 g/mol. The van der Waals surface area contributed by atoms with Crippen LogP contribution in [0, 0.1) is 11.7 Å². The number of halogens is 2. The van der Waals surface area contributed by atoms with Crippen molar-refractivity contribution in [2.24, 2.45) is 5.92 Å². The van der Waals surface area contributed by atoms with Crippen molar-refractivity contribution in [3.63, 3.8) is 0 Å². The lowest BCUT2D eigenvalue weighted by atomic mass is 9.92. The van der Waals surface area contributed by atoms with Gasteiger partial charge >= 0.3 is 5.97 Å². The number of amides is 1. The summed E-state index contributed by atoms with van der Waals surface area (Å²) in [6, 6.07) is 4.63. The number of aliphatic carboxylic acids is 1. The molecule has 7 heteroatoms. The first-order valence-corrected chi connectivity index (χ1v) is 8.16. The lowest BCUT2D eigenvalue weighted by molar-refractivity contribution is -0.139. The number of carbonyl (C=O) groups excluding carboxylic acids is 1. The molecule has 2 rings (SSSR count). The van der Waals surface area contributed by atoms with E-state index in [0.717, 1.165) is 5.56 Å². The molecule has 0 aromatic heterocycles. The Hall–Kier alpha value is -1.47. The molecular weight excluding hydrogens is 369 g/mol. The predicted molar refractivity (Wildman–Crippen MR) is 85.5 cm³/mol. The van der Waals surface area contributed by atoms with Crippen LogP contribution in [0.4, 0.5) is 4.39 Å². The summed E-state index contributed by atoms with van der Waals surface area (Å²) in [5, 5.41) is 11.9. The Bertz CT molecular complexity index is 602. The van der Waals surface area contributed by atoms with Gasteiger partial charge in [0.2, 0.25) is 5.91 Å². The number of hydrogen-bond donors (Lipinski definition) is 2. The van der Waals surface area contributed by atoms with Crippen molar-refractivity contribution in [1.29, 1.82) is 0 Å². The van der Waals surface area contributed by atoms with E-state index in [-0.39, 0.29) is 30.7 Å². The van der Waals surface area contributed by atoms with E-state index in [2.05, 4.69) is 21.2 Å². The number of ether oxygens (including phenoxy) is 1. The van der Waals surface area contributed by atoms with Crippen molar-refractivity contribution in [2.45, 2.75) is 31.7 Å². The van der Waals surface area contributed by atoms with Gasteiger partial charge in [0.25, 0.3) is 0 Å². The van der Waals surface area contributed by atoms with Crippen LogP contribution < -0.4 is 5.32 Å². The fourth-order valence-electron chi connectivity index (χ4n) is 2.68. The minimum Gasteiger partial charge on any atom is -0.481 e. The van der Waals surface area contributed by atoms with Crippen molar-refractivity contribution in [2.75, 3.05) is 13.2 Å². The summed E-state index contributed by atoms with van der Waals surface area (Å²) in [6.45, 7) is 2.41. The number of rotatable bonds is 6. The second-order valence-corrected chi connectivity index (χ2v) is 6.85. The Morgan fingerprint density at radius 3 is 2.83 bits per heavy atom. The summed E-state index contributed by atoms with van der Waals surface area (Å²) in [4.78, 5) is 23.4. The molecule has 1 amide bonds. The van der Waals surface area contributed by atoms with E-state index in [1.807, 2.05) is 0 Å². The van der Waals surface area contributed by atoms with E-state index >= 15 is 0 Å². The molecular formula is C16H19BrFNO4. The zero-order chi connectivity index (χ0) is 17.0. The van der Waals surface area contributed by atoms with Crippen LogP contribution in [0.25, 0.3) is 0 Å². The molecule has 2 N–H and O–H groups in total. The van der Waals surface area contributed by atoms with Gasteiger partial charge in [0.15, 0.2) is 0 Å². The molecule has 2 unspecified atom stereocenters. The van der Waals surface area contributed by atoms with Crippen molar-refractivity contribution in [3.8, 4) is 0 Å². The molecule has 1 aromatic carbocycles. The molecule has 1 aliphatic heterocycles. The largest absolute Gasteiger partial charge is 0.481 e. The Balaban J connectivity index is 2.00. The first kappa shape index (κ1) is 17.9. The number of carboxylic acid groups (broad SMARTS) is 1. The van der Waals surface area contributed by atoms with Gasteiger partial charge in [-0.1, -0.05) is 13.0 Å². The molecule has 5 nitrogen and oxygen atoms in total. The Morgan fingerprint density at radius 1 is 1.52 bits per heavy atom. The van der Waals surface area contributed by atoms with Gasteiger partial charge in [0, 0.05) is 12.5 Å². The van der Waals surface area contributed by atoms with Gasteiger partial charge in [-0.3, -0.25) is 9.59 Å². The zero-order valence-electron chi connectivity index (χ0n) is 12.8. The standard InChI is InChI=1S/C16H19BrFNO4/c1-10(6-11-2-3-13(18)12(17)7-11)15(22)19-16(8-14(20)21)4-5-23-9-16/h2-3,7,10H,4-6,8-9H2,1H3,(H,19,22)(H,20,21). The quantitative estimate of drug-likeness (QED) is 0.786. The maximum absolute atomic E-state index is 13.2. The molecule has 1 fully saturated rings. The van der Waals surface area contributed by atoms with E-state index in [9.17, 15) is 14.0 Å². The van der Waals surface area contributed by atoms with Gasteiger partial charge in [-0.25, -0.2) is 4.39 Å². The van der Waals surface area contributed by atoms with Gasteiger partial charge in [-0.05, 0) is 46.5 Å². The molecule has 0 aliphatic carbocycles. The first-order chi connectivity index (χ1) is 10.8. The maximum Gasteiger partial charge on any atom is 0.305 e. The summed E-state index contributed by atoms with van der Waals surface area (Å²) in [7, 11) is 0. The minimum absolute atomic E-state index is 0.159. The molecule has 0 radical (unpaired) electrons. The van der Waals surface area contributed by atoms with Gasteiger partial charge in [0.1, 0.15) is 5.82 Å². The molecule has 2 atom stereocenters. The van der Waals surface area contributed by atoms with Crippen molar-refractivity contribution in [3.05, 3.63) is 34.1 Å². The van der Waals surface area contributed by atoms with Crippen molar-refractivity contribution in [1.82, 2.24) is 5.32 Å². The van der Waals surface area contributed by atoms with Crippen LogP contribution in [-0.4, -0.2) is 35.7 Å². The van der Waals surface area contributed by atoms with Crippen LogP contribution in [0.5, 0.6) is 0 Å². The predicted octanol–water partition coefficient (Wildman–Crippen LogP) is 2.52. The number of benzene rings is 1. The van der Waals surface area contributed by atoms with Crippen LogP contribution in [0.15, 0.2) is 22.7 Å². The van der Waals surface area contributed by atoms with E-state index in [1.165, 1.54) is 6.07 Å². The Labute approximate surface area is 142 Å². The molecule has 1 heterocycles. The fourth-order valence-corrected chi connectivity index (χ4v) is 3.10. The maximum atomic E-state index is 13.2. The highest BCUT2D eigenvalue weighted by Crippen LogP contribution is 2.24. The van der Waals surface area contributed by atoms with Crippen molar-refractivity contribution >= 4 is 27.8 Å². The van der Waals surface area contributed by atoms with Gasteiger partial charge in [0.05, 0.1) is 23.0 Å². The molecule has 1 aliphatic rings. The van der Waals surface area contributed by atoms with E-state index < -0.39 is 11.5 Å². The van der Waals surface area contributed by atoms with Crippen LogP contribution in [0.2, 0.25) is 0 Å². The van der Waals surface area contributed by atoms with Gasteiger partial charge in [-0.2, -0.15) is 0 Å². The summed E-state index contributed by atoms with van der Waals surface area (Å²) < 4.78 is 18.9. The smallest absolute Gasteiger partial charge is 0.305 e. The molecule has 1 saturated heterocycles. The summed E-state index contributed by atoms with van der Waals surface area (Å²) in [5.41, 5.74) is -0.00326. The third kappa shape index (κ3) is 4.75. The highest BCUT2D eigenvalue weighted by atomic mass is 79.9. The van der Waals surface area contributed by atoms with E-state index in [1.54, 1.807) is 19.1 Å². The number of carboxylic acids is 1. The third-order valence-corrected chi connectivity index (χ3v) is 4.56. The third-order valence-electron chi connectivity index (χ3n) is 3.95.